The number of hydrogen-bond acceptors (Lipinski definition) is 3. The minimum atomic E-state index is -0.673. The summed E-state index contributed by atoms with van der Waals surface area (Å²) in [6.07, 6.45) is 4.92. The second kappa shape index (κ2) is 4.72. The Morgan fingerprint density at radius 1 is 1.50 bits per heavy atom. The molecule has 0 radical (unpaired) electrons. The lowest BCUT2D eigenvalue weighted by Gasteiger charge is -2.40. The van der Waals surface area contributed by atoms with Crippen molar-refractivity contribution in [2.75, 3.05) is 19.6 Å². The monoisotopic (exact) mass is 226 g/mol. The smallest absolute Gasteiger partial charge is 0.305 e. The number of carboxylic acid groups (broad SMARTS) is 1. The fourth-order valence-corrected chi connectivity index (χ4v) is 3.49. The zero-order chi connectivity index (χ0) is 11.6. The van der Waals surface area contributed by atoms with Crippen molar-refractivity contribution in [1.82, 2.24) is 10.2 Å². The third-order valence-electron chi connectivity index (χ3n) is 4.09. The topological polar surface area (TPSA) is 52.6 Å². The number of nitrogens with zero attached hydrogens (tertiary/aromatic N) is 1. The number of carbonyl (C=O) groups is 1. The van der Waals surface area contributed by atoms with E-state index in [0.29, 0.717) is 6.04 Å². The Bertz CT molecular complexity index is 270. The first-order valence-electron chi connectivity index (χ1n) is 6.39. The van der Waals surface area contributed by atoms with Crippen LogP contribution >= 0.6 is 0 Å². The fourth-order valence-electron chi connectivity index (χ4n) is 3.49. The molecule has 0 aromatic carbocycles. The number of nitrogens with one attached hydrogen (secondary N) is 1. The van der Waals surface area contributed by atoms with Gasteiger partial charge in [-0.3, -0.25) is 9.69 Å². The quantitative estimate of drug-likeness (QED) is 0.753. The van der Waals surface area contributed by atoms with Crippen molar-refractivity contribution in [3.63, 3.8) is 0 Å². The number of aliphatic carboxylic acids is 1. The molecule has 0 saturated carbocycles. The van der Waals surface area contributed by atoms with E-state index in [4.69, 9.17) is 5.11 Å². The molecule has 0 bridgehead atoms. The van der Waals surface area contributed by atoms with Gasteiger partial charge in [-0.1, -0.05) is 13.3 Å². The second-order valence-corrected chi connectivity index (χ2v) is 5.05. The van der Waals surface area contributed by atoms with Crippen molar-refractivity contribution in [3.05, 3.63) is 0 Å². The van der Waals surface area contributed by atoms with E-state index < -0.39 is 5.97 Å². The molecule has 92 valence electrons. The lowest BCUT2D eigenvalue weighted by atomic mass is 9.82. The maximum Gasteiger partial charge on any atom is 0.305 e. The summed E-state index contributed by atoms with van der Waals surface area (Å²) in [6.45, 7) is 5.13. The first-order valence-corrected chi connectivity index (χ1v) is 6.39. The van der Waals surface area contributed by atoms with Crippen LogP contribution < -0.4 is 5.32 Å². The Kier molecular flexibility index (Phi) is 3.50. The fraction of sp³-hybridized carbons (Fsp3) is 0.917. The van der Waals surface area contributed by atoms with Crippen LogP contribution in [0.5, 0.6) is 0 Å². The molecule has 2 fully saturated rings. The van der Waals surface area contributed by atoms with Crippen LogP contribution in [0.15, 0.2) is 0 Å². The predicted octanol–water partition coefficient (Wildman–Crippen LogP) is 1.07. The maximum absolute atomic E-state index is 11.1. The molecule has 0 aromatic rings. The number of piperidine rings is 1. The molecular weight excluding hydrogens is 204 g/mol. The van der Waals surface area contributed by atoms with Gasteiger partial charge in [-0.2, -0.15) is 0 Å². The molecule has 0 aromatic heterocycles. The number of carboxylic acids is 1. The van der Waals surface area contributed by atoms with Crippen LogP contribution in [-0.4, -0.2) is 47.2 Å². The lowest BCUT2D eigenvalue weighted by molar-refractivity contribution is -0.139. The highest BCUT2D eigenvalue weighted by Gasteiger charge is 2.48. The minimum absolute atomic E-state index is 0.166. The van der Waals surface area contributed by atoms with Gasteiger partial charge in [0, 0.05) is 18.1 Å². The highest BCUT2D eigenvalue weighted by molar-refractivity contribution is 5.68. The zero-order valence-corrected chi connectivity index (χ0v) is 10.0. The van der Waals surface area contributed by atoms with E-state index in [1.807, 2.05) is 0 Å². The first-order chi connectivity index (χ1) is 7.68. The average molecular weight is 226 g/mol. The highest BCUT2D eigenvalue weighted by Crippen LogP contribution is 2.37. The maximum atomic E-state index is 11.1. The van der Waals surface area contributed by atoms with Crippen LogP contribution in [0.3, 0.4) is 0 Å². The Labute approximate surface area is 97.0 Å². The van der Waals surface area contributed by atoms with Gasteiger partial charge in [0.05, 0.1) is 6.42 Å². The van der Waals surface area contributed by atoms with Crippen LogP contribution in [0.1, 0.15) is 39.0 Å². The number of hydrogen-bond donors (Lipinski definition) is 2. The molecule has 2 saturated heterocycles. The molecular formula is C12H22N2O2. The SMILES string of the molecule is CCNC1(CC(=O)O)CCN2CCCCC21. The largest absolute Gasteiger partial charge is 0.481 e. The number of likely N-dealkylation sites (N-methyl/N-ethyl adjacent to an activating group) is 1. The molecule has 2 atom stereocenters. The Hall–Kier alpha value is -0.610. The van der Waals surface area contributed by atoms with Gasteiger partial charge < -0.3 is 10.4 Å². The van der Waals surface area contributed by atoms with E-state index in [0.717, 1.165) is 32.5 Å². The van der Waals surface area contributed by atoms with Crippen molar-refractivity contribution >= 4 is 5.97 Å². The van der Waals surface area contributed by atoms with E-state index in [2.05, 4.69) is 17.1 Å². The second-order valence-electron chi connectivity index (χ2n) is 5.05. The van der Waals surface area contributed by atoms with Gasteiger partial charge in [-0.25, -0.2) is 0 Å². The summed E-state index contributed by atoms with van der Waals surface area (Å²) in [4.78, 5) is 13.5. The molecule has 2 aliphatic rings. The molecule has 2 N–H and O–H groups in total. The van der Waals surface area contributed by atoms with E-state index >= 15 is 0 Å². The summed E-state index contributed by atoms with van der Waals surface area (Å²) in [7, 11) is 0. The Morgan fingerprint density at radius 2 is 2.31 bits per heavy atom. The van der Waals surface area contributed by atoms with Crippen LogP contribution in [0.2, 0.25) is 0 Å². The predicted molar refractivity (Wildman–Crippen MR) is 62.5 cm³/mol. The standard InChI is InChI=1S/C12H22N2O2/c1-2-13-12(9-11(15)16)6-8-14-7-4-3-5-10(12)14/h10,13H,2-9H2,1H3,(H,15,16). The van der Waals surface area contributed by atoms with Crippen LogP contribution in [-0.2, 0) is 4.79 Å². The molecule has 0 aliphatic carbocycles. The number of fused-ring (bicyclic) bond motifs is 1. The summed E-state index contributed by atoms with van der Waals surface area (Å²) in [6, 6.07) is 0.442. The summed E-state index contributed by atoms with van der Waals surface area (Å²) >= 11 is 0. The molecule has 2 heterocycles. The van der Waals surface area contributed by atoms with E-state index in [9.17, 15) is 4.79 Å². The third-order valence-corrected chi connectivity index (χ3v) is 4.09. The molecule has 0 spiro atoms. The van der Waals surface area contributed by atoms with Gasteiger partial charge in [-0.15, -0.1) is 0 Å². The van der Waals surface area contributed by atoms with Crippen LogP contribution in [0, 0.1) is 0 Å². The highest BCUT2D eigenvalue weighted by atomic mass is 16.4. The molecule has 4 nitrogen and oxygen atoms in total. The van der Waals surface area contributed by atoms with Crippen LogP contribution in [0.25, 0.3) is 0 Å². The van der Waals surface area contributed by atoms with Crippen molar-refractivity contribution in [2.24, 2.45) is 0 Å². The average Bonchev–Trinajstić information content (AvgIpc) is 2.58. The molecule has 0 amide bonds. The van der Waals surface area contributed by atoms with Crippen molar-refractivity contribution in [1.29, 1.82) is 0 Å². The van der Waals surface area contributed by atoms with Crippen LogP contribution in [0.4, 0.5) is 0 Å². The molecule has 4 heteroatoms. The molecule has 2 aliphatic heterocycles. The summed E-state index contributed by atoms with van der Waals surface area (Å²) in [5.74, 6) is -0.673. The van der Waals surface area contributed by atoms with E-state index in [1.165, 1.54) is 12.8 Å². The lowest BCUT2D eigenvalue weighted by Crippen LogP contribution is -2.56. The van der Waals surface area contributed by atoms with E-state index in [1.54, 1.807) is 0 Å². The molecule has 2 rings (SSSR count). The van der Waals surface area contributed by atoms with Gasteiger partial charge in [0.1, 0.15) is 0 Å². The zero-order valence-electron chi connectivity index (χ0n) is 10.0. The van der Waals surface area contributed by atoms with E-state index in [-0.39, 0.29) is 12.0 Å². The summed E-state index contributed by atoms with van der Waals surface area (Å²) < 4.78 is 0. The Morgan fingerprint density at radius 3 is 3.00 bits per heavy atom. The van der Waals surface area contributed by atoms with Gasteiger partial charge in [0.15, 0.2) is 0 Å². The summed E-state index contributed by atoms with van der Waals surface area (Å²) in [5, 5.41) is 12.6. The van der Waals surface area contributed by atoms with Gasteiger partial charge in [0.25, 0.3) is 0 Å². The minimum Gasteiger partial charge on any atom is -0.481 e. The van der Waals surface area contributed by atoms with Crippen molar-refractivity contribution in [3.8, 4) is 0 Å². The Balaban J connectivity index is 2.14. The molecule has 2 unspecified atom stereocenters. The van der Waals surface area contributed by atoms with Gasteiger partial charge >= 0.3 is 5.97 Å². The van der Waals surface area contributed by atoms with Crippen molar-refractivity contribution < 1.29 is 9.90 Å². The summed E-state index contributed by atoms with van der Waals surface area (Å²) in [5.41, 5.74) is -0.166. The van der Waals surface area contributed by atoms with Gasteiger partial charge in [-0.05, 0) is 32.4 Å². The third kappa shape index (κ3) is 2.09. The first kappa shape index (κ1) is 11.9. The van der Waals surface area contributed by atoms with Crippen molar-refractivity contribution in [2.45, 2.75) is 50.6 Å². The van der Waals surface area contributed by atoms with Gasteiger partial charge in [0.2, 0.25) is 0 Å². The molecule has 16 heavy (non-hydrogen) atoms. The number of rotatable bonds is 4. The normalized spacial score (nSPS) is 34.9.